The van der Waals surface area contributed by atoms with Crippen molar-refractivity contribution in [3.05, 3.63) is 86.7 Å². The maximum absolute atomic E-state index is 13.3. The summed E-state index contributed by atoms with van der Waals surface area (Å²) in [5, 5.41) is 6.48. The largest absolute Gasteiger partial charge is 0.358 e. The van der Waals surface area contributed by atoms with E-state index in [1.165, 1.54) is 0 Å². The van der Waals surface area contributed by atoms with Gasteiger partial charge in [0.2, 0.25) is 0 Å². The molecular weight excluding hydrogens is 514 g/mol. The highest BCUT2D eigenvalue weighted by Gasteiger charge is 2.28. The third-order valence-corrected chi connectivity index (χ3v) is 7.77. The van der Waals surface area contributed by atoms with Crippen LogP contribution in [-0.4, -0.2) is 65.7 Å². The molecule has 0 bridgehead atoms. The molecule has 0 aliphatic carbocycles. The Morgan fingerprint density at radius 1 is 1.08 bits per heavy atom. The second kappa shape index (κ2) is 10.7. The number of hydrogen-bond acceptors (Lipinski definition) is 4. The van der Waals surface area contributed by atoms with Crippen LogP contribution in [0.5, 0.6) is 0 Å². The second-order valence-electron chi connectivity index (χ2n) is 10.3. The van der Waals surface area contributed by atoms with E-state index in [-0.39, 0.29) is 23.8 Å². The average molecular weight is 546 g/mol. The molecule has 1 atom stereocenters. The first-order valence-corrected chi connectivity index (χ1v) is 13.4. The SMILES string of the molecule is Cc1[nH]c(C=C2C(=O)Nc3ccc(C(=O)N[C@@H](C)c4cccc(Cl)c4)cc32)c(C)c1C(=O)N1CCN(C)CC1. The van der Waals surface area contributed by atoms with E-state index in [4.69, 9.17) is 11.6 Å². The fraction of sp³-hybridized carbons (Fsp3) is 0.300. The third kappa shape index (κ3) is 5.35. The lowest BCUT2D eigenvalue weighted by Gasteiger charge is -2.32. The van der Waals surface area contributed by atoms with Crippen LogP contribution in [-0.2, 0) is 4.79 Å². The summed E-state index contributed by atoms with van der Waals surface area (Å²) in [4.78, 5) is 46.7. The normalized spacial score (nSPS) is 17.2. The van der Waals surface area contributed by atoms with Crippen LogP contribution in [0.1, 0.15) is 61.8 Å². The molecule has 9 heteroatoms. The van der Waals surface area contributed by atoms with E-state index in [2.05, 4.69) is 27.6 Å². The van der Waals surface area contributed by atoms with E-state index < -0.39 is 0 Å². The number of halogens is 1. The first kappa shape index (κ1) is 26.7. The van der Waals surface area contributed by atoms with Crippen LogP contribution >= 0.6 is 11.6 Å². The highest BCUT2D eigenvalue weighted by atomic mass is 35.5. The maximum atomic E-state index is 13.3. The fourth-order valence-corrected chi connectivity index (χ4v) is 5.36. The minimum atomic E-state index is -0.256. The van der Waals surface area contributed by atoms with Gasteiger partial charge in [-0.2, -0.15) is 0 Å². The Morgan fingerprint density at radius 2 is 1.82 bits per heavy atom. The number of benzene rings is 2. The lowest BCUT2D eigenvalue weighted by Crippen LogP contribution is -2.47. The number of nitrogens with zero attached hydrogens (tertiary/aromatic N) is 2. The number of aromatic amines is 1. The minimum absolute atomic E-state index is 0.00283. The molecule has 3 aromatic rings. The topological polar surface area (TPSA) is 97.5 Å². The number of piperazine rings is 1. The molecule has 0 saturated carbocycles. The smallest absolute Gasteiger partial charge is 0.256 e. The van der Waals surface area contributed by atoms with Gasteiger partial charge in [0.05, 0.1) is 17.2 Å². The molecule has 0 spiro atoms. The summed E-state index contributed by atoms with van der Waals surface area (Å²) >= 11 is 6.10. The number of hydrogen-bond donors (Lipinski definition) is 3. The molecule has 39 heavy (non-hydrogen) atoms. The Balaban J connectivity index is 1.41. The van der Waals surface area contributed by atoms with Gasteiger partial charge in [0, 0.05) is 59.4 Å². The summed E-state index contributed by atoms with van der Waals surface area (Å²) in [6.45, 7) is 8.73. The number of nitrogens with one attached hydrogen (secondary N) is 3. The zero-order chi connectivity index (χ0) is 27.8. The van der Waals surface area contributed by atoms with Gasteiger partial charge in [-0.3, -0.25) is 14.4 Å². The van der Waals surface area contributed by atoms with Crippen LogP contribution in [0.25, 0.3) is 11.6 Å². The van der Waals surface area contributed by atoms with Crippen molar-refractivity contribution in [2.45, 2.75) is 26.8 Å². The zero-order valence-corrected chi connectivity index (χ0v) is 23.3. The number of fused-ring (bicyclic) bond motifs is 1. The van der Waals surface area contributed by atoms with Gasteiger partial charge in [-0.25, -0.2) is 0 Å². The van der Waals surface area contributed by atoms with Crippen molar-refractivity contribution in [1.29, 1.82) is 0 Å². The van der Waals surface area contributed by atoms with Crippen LogP contribution in [0.2, 0.25) is 5.02 Å². The molecule has 2 aliphatic rings. The van der Waals surface area contributed by atoms with Gasteiger partial charge in [0.1, 0.15) is 0 Å². The van der Waals surface area contributed by atoms with Gasteiger partial charge in [0.25, 0.3) is 17.7 Å². The van der Waals surface area contributed by atoms with Crippen molar-refractivity contribution < 1.29 is 14.4 Å². The van der Waals surface area contributed by atoms with E-state index in [0.29, 0.717) is 51.8 Å². The quantitative estimate of drug-likeness (QED) is 0.406. The molecule has 0 radical (unpaired) electrons. The predicted octanol–water partition coefficient (Wildman–Crippen LogP) is 4.66. The van der Waals surface area contributed by atoms with Gasteiger partial charge < -0.3 is 25.4 Å². The lowest BCUT2D eigenvalue weighted by molar-refractivity contribution is -0.110. The Kier molecular flexibility index (Phi) is 7.34. The van der Waals surface area contributed by atoms with E-state index >= 15 is 0 Å². The molecule has 3 heterocycles. The van der Waals surface area contributed by atoms with E-state index in [1.54, 1.807) is 30.3 Å². The molecular formula is C30H32ClN5O3. The van der Waals surface area contributed by atoms with E-state index in [0.717, 1.165) is 29.9 Å². The van der Waals surface area contributed by atoms with Gasteiger partial charge in [-0.1, -0.05) is 23.7 Å². The summed E-state index contributed by atoms with van der Waals surface area (Å²) in [5.41, 5.74) is 5.97. The van der Waals surface area contributed by atoms with Crippen molar-refractivity contribution in [3.8, 4) is 0 Å². The van der Waals surface area contributed by atoms with Crippen LogP contribution in [0.4, 0.5) is 5.69 Å². The molecule has 1 aromatic heterocycles. The third-order valence-electron chi connectivity index (χ3n) is 7.53. The van der Waals surface area contributed by atoms with Crippen molar-refractivity contribution in [1.82, 2.24) is 20.1 Å². The molecule has 2 aromatic carbocycles. The summed E-state index contributed by atoms with van der Waals surface area (Å²) in [6, 6.07) is 12.3. The number of anilines is 1. The Hall–Kier alpha value is -3.88. The standard InChI is InChI=1S/C30H32ClN5O3/c1-17-26(32-19(3)27(17)30(39)36-12-10-35(4)11-13-36)16-24-23-15-21(8-9-25(23)34-29(24)38)28(37)33-18(2)20-6-5-7-22(31)14-20/h5-9,14-16,18,32H,10-13H2,1-4H3,(H,33,37)(H,34,38)/t18-/m0/s1. The molecule has 3 N–H and O–H groups in total. The molecule has 1 saturated heterocycles. The number of aromatic nitrogens is 1. The van der Waals surface area contributed by atoms with Crippen LogP contribution in [0.3, 0.4) is 0 Å². The van der Waals surface area contributed by atoms with Crippen LogP contribution in [0, 0.1) is 13.8 Å². The number of rotatable bonds is 5. The molecule has 2 aliphatic heterocycles. The van der Waals surface area contributed by atoms with Gasteiger partial charge in [-0.15, -0.1) is 0 Å². The number of aryl methyl sites for hydroxylation is 1. The van der Waals surface area contributed by atoms with Gasteiger partial charge in [0.15, 0.2) is 0 Å². The summed E-state index contributed by atoms with van der Waals surface area (Å²) in [7, 11) is 2.05. The van der Waals surface area contributed by atoms with Crippen molar-refractivity contribution in [2.24, 2.45) is 0 Å². The number of carbonyl (C=O) groups excluding carboxylic acids is 3. The summed E-state index contributed by atoms with van der Waals surface area (Å²) in [6.07, 6.45) is 1.76. The second-order valence-corrected chi connectivity index (χ2v) is 10.7. The van der Waals surface area contributed by atoms with Crippen molar-refractivity contribution in [2.75, 3.05) is 38.5 Å². The highest BCUT2D eigenvalue weighted by molar-refractivity contribution is 6.35. The lowest BCUT2D eigenvalue weighted by atomic mass is 10.0. The predicted molar refractivity (Wildman–Crippen MR) is 154 cm³/mol. The van der Waals surface area contributed by atoms with Gasteiger partial charge >= 0.3 is 0 Å². The summed E-state index contributed by atoms with van der Waals surface area (Å²) < 4.78 is 0. The Morgan fingerprint density at radius 3 is 2.54 bits per heavy atom. The number of amides is 3. The number of likely N-dealkylation sites (N-methyl/N-ethyl adjacent to an activating group) is 1. The average Bonchev–Trinajstić information content (AvgIpc) is 3.37. The Bertz CT molecular complexity index is 1500. The number of H-pyrrole nitrogens is 1. The molecule has 8 nitrogen and oxygen atoms in total. The molecule has 5 rings (SSSR count). The van der Waals surface area contributed by atoms with Crippen molar-refractivity contribution in [3.63, 3.8) is 0 Å². The van der Waals surface area contributed by atoms with E-state index in [9.17, 15) is 14.4 Å². The molecule has 202 valence electrons. The van der Waals surface area contributed by atoms with Crippen LogP contribution in [0.15, 0.2) is 42.5 Å². The maximum Gasteiger partial charge on any atom is 0.256 e. The minimum Gasteiger partial charge on any atom is -0.358 e. The van der Waals surface area contributed by atoms with E-state index in [1.807, 2.05) is 43.9 Å². The van der Waals surface area contributed by atoms with Crippen LogP contribution < -0.4 is 10.6 Å². The highest BCUT2D eigenvalue weighted by Crippen LogP contribution is 2.35. The summed E-state index contributed by atoms with van der Waals surface area (Å²) in [5.74, 6) is -0.507. The number of carbonyl (C=O) groups is 3. The molecule has 1 fully saturated rings. The fourth-order valence-electron chi connectivity index (χ4n) is 5.16. The zero-order valence-electron chi connectivity index (χ0n) is 22.5. The first-order valence-electron chi connectivity index (χ1n) is 13.0. The Labute approximate surface area is 233 Å². The molecule has 3 amide bonds. The van der Waals surface area contributed by atoms with Crippen molar-refractivity contribution >= 4 is 46.7 Å². The molecule has 0 unspecified atom stereocenters. The van der Waals surface area contributed by atoms with Gasteiger partial charge in [-0.05, 0) is 75.4 Å². The monoisotopic (exact) mass is 545 g/mol. The first-order chi connectivity index (χ1) is 18.6.